The minimum absolute atomic E-state index is 0.112. The molecule has 0 saturated heterocycles. The summed E-state index contributed by atoms with van der Waals surface area (Å²) >= 11 is 0. The first kappa shape index (κ1) is 10.3. The van der Waals surface area contributed by atoms with Crippen molar-refractivity contribution in [3.05, 3.63) is 24.2 Å². The molecule has 1 unspecified atom stereocenters. The van der Waals surface area contributed by atoms with Crippen LogP contribution < -0.4 is 0 Å². The van der Waals surface area contributed by atoms with Crippen molar-refractivity contribution < 1.29 is 9.52 Å². The predicted octanol–water partition coefficient (Wildman–Crippen LogP) is 2.92. The molecule has 2 heteroatoms. The fraction of sp³-hybridized carbons (Fsp3) is 0.636. The van der Waals surface area contributed by atoms with E-state index in [1.54, 1.807) is 12.5 Å². The lowest BCUT2D eigenvalue weighted by Gasteiger charge is -2.30. The van der Waals surface area contributed by atoms with E-state index in [-0.39, 0.29) is 5.41 Å². The Morgan fingerprint density at radius 2 is 1.92 bits per heavy atom. The molecule has 0 radical (unpaired) electrons. The summed E-state index contributed by atoms with van der Waals surface area (Å²) in [6.45, 7) is 8.16. The van der Waals surface area contributed by atoms with Crippen LogP contribution in [-0.4, -0.2) is 5.11 Å². The van der Waals surface area contributed by atoms with Gasteiger partial charge in [0.25, 0.3) is 0 Å². The molecule has 0 aliphatic rings. The summed E-state index contributed by atoms with van der Waals surface area (Å²) in [5.41, 5.74) is 0.175. The van der Waals surface area contributed by atoms with Crippen LogP contribution in [0.4, 0.5) is 0 Å². The zero-order valence-electron chi connectivity index (χ0n) is 8.79. The van der Waals surface area contributed by atoms with Crippen LogP contribution in [0.3, 0.4) is 0 Å². The van der Waals surface area contributed by atoms with Gasteiger partial charge in [-0.05, 0) is 24.8 Å². The Balaban J connectivity index is 2.78. The van der Waals surface area contributed by atoms with Gasteiger partial charge in [-0.3, -0.25) is 0 Å². The van der Waals surface area contributed by atoms with Gasteiger partial charge in [0, 0.05) is 5.56 Å². The van der Waals surface area contributed by atoms with Crippen molar-refractivity contribution in [3.8, 4) is 0 Å². The van der Waals surface area contributed by atoms with Gasteiger partial charge in [-0.2, -0.15) is 0 Å². The van der Waals surface area contributed by atoms with Crippen molar-refractivity contribution in [2.24, 2.45) is 5.41 Å². The second-order valence-corrected chi connectivity index (χ2v) is 5.02. The molecule has 74 valence electrons. The van der Waals surface area contributed by atoms with E-state index in [1.807, 2.05) is 13.0 Å². The quantitative estimate of drug-likeness (QED) is 0.762. The largest absolute Gasteiger partial charge is 0.472 e. The Bertz CT molecular complexity index is 252. The fourth-order valence-electron chi connectivity index (χ4n) is 1.71. The van der Waals surface area contributed by atoms with Crippen molar-refractivity contribution in [2.45, 2.75) is 39.7 Å². The number of rotatable bonds is 2. The Hall–Kier alpha value is -0.760. The molecule has 0 aliphatic heterocycles. The first-order valence-corrected chi connectivity index (χ1v) is 4.56. The summed E-state index contributed by atoms with van der Waals surface area (Å²) in [4.78, 5) is 0. The van der Waals surface area contributed by atoms with Crippen LogP contribution in [-0.2, 0) is 5.60 Å². The standard InChI is InChI=1S/C11H18O2/c1-10(2,3)8-11(4,12)9-5-6-13-7-9/h5-7,12H,8H2,1-4H3. The first-order chi connectivity index (χ1) is 5.81. The molecule has 0 aromatic carbocycles. The Morgan fingerprint density at radius 1 is 1.31 bits per heavy atom. The van der Waals surface area contributed by atoms with E-state index >= 15 is 0 Å². The van der Waals surface area contributed by atoms with Crippen LogP contribution in [0.1, 0.15) is 39.7 Å². The third kappa shape index (κ3) is 2.88. The van der Waals surface area contributed by atoms with Crippen LogP contribution in [0, 0.1) is 5.41 Å². The highest BCUT2D eigenvalue weighted by atomic mass is 16.3. The van der Waals surface area contributed by atoms with Gasteiger partial charge in [-0.1, -0.05) is 20.8 Å². The minimum atomic E-state index is -0.786. The smallest absolute Gasteiger partial charge is 0.0963 e. The summed E-state index contributed by atoms with van der Waals surface area (Å²) < 4.78 is 4.96. The lowest BCUT2D eigenvalue weighted by atomic mass is 9.80. The molecule has 1 aromatic heterocycles. The van der Waals surface area contributed by atoms with Crippen LogP contribution in [0.5, 0.6) is 0 Å². The van der Waals surface area contributed by atoms with E-state index in [9.17, 15) is 5.11 Å². The summed E-state index contributed by atoms with van der Waals surface area (Å²) in [5, 5.41) is 10.2. The number of hydrogen-bond acceptors (Lipinski definition) is 2. The van der Waals surface area contributed by atoms with E-state index in [0.717, 1.165) is 12.0 Å². The zero-order valence-corrected chi connectivity index (χ0v) is 8.79. The zero-order chi connectivity index (χ0) is 10.1. The maximum atomic E-state index is 10.2. The van der Waals surface area contributed by atoms with E-state index in [2.05, 4.69) is 20.8 Å². The molecule has 1 heterocycles. The van der Waals surface area contributed by atoms with Gasteiger partial charge in [0.2, 0.25) is 0 Å². The summed E-state index contributed by atoms with van der Waals surface area (Å²) in [6.07, 6.45) is 3.91. The second kappa shape index (κ2) is 3.18. The van der Waals surface area contributed by atoms with Crippen molar-refractivity contribution >= 4 is 0 Å². The normalized spacial score (nSPS) is 17.0. The first-order valence-electron chi connectivity index (χ1n) is 4.56. The molecule has 1 aromatic rings. The third-order valence-corrected chi connectivity index (χ3v) is 2.02. The molecule has 0 fully saturated rings. The Kier molecular flexibility index (Phi) is 2.53. The maximum Gasteiger partial charge on any atom is 0.0963 e. The SMILES string of the molecule is CC(C)(C)CC(C)(O)c1ccoc1. The monoisotopic (exact) mass is 182 g/mol. The average molecular weight is 182 g/mol. The van der Waals surface area contributed by atoms with Crippen LogP contribution in [0.25, 0.3) is 0 Å². The van der Waals surface area contributed by atoms with Gasteiger partial charge in [0.15, 0.2) is 0 Å². The maximum absolute atomic E-state index is 10.2. The molecular weight excluding hydrogens is 164 g/mol. The fourth-order valence-corrected chi connectivity index (χ4v) is 1.71. The van der Waals surface area contributed by atoms with Gasteiger partial charge in [0.1, 0.15) is 0 Å². The topological polar surface area (TPSA) is 33.4 Å². The molecule has 0 amide bonds. The van der Waals surface area contributed by atoms with Gasteiger partial charge in [0.05, 0.1) is 18.1 Å². The number of hydrogen-bond donors (Lipinski definition) is 1. The lowest BCUT2D eigenvalue weighted by Crippen LogP contribution is -2.27. The molecule has 1 rings (SSSR count). The minimum Gasteiger partial charge on any atom is -0.472 e. The number of aliphatic hydroxyl groups is 1. The van der Waals surface area contributed by atoms with Crippen LogP contribution in [0.15, 0.2) is 23.0 Å². The van der Waals surface area contributed by atoms with Gasteiger partial charge in [-0.25, -0.2) is 0 Å². The third-order valence-electron chi connectivity index (χ3n) is 2.02. The summed E-state index contributed by atoms with van der Waals surface area (Å²) in [5.74, 6) is 0. The molecule has 13 heavy (non-hydrogen) atoms. The molecule has 1 N–H and O–H groups in total. The van der Waals surface area contributed by atoms with Gasteiger partial charge < -0.3 is 9.52 Å². The highest BCUT2D eigenvalue weighted by Crippen LogP contribution is 2.34. The van der Waals surface area contributed by atoms with Crippen LogP contribution in [0.2, 0.25) is 0 Å². The average Bonchev–Trinajstić information content (AvgIpc) is 2.29. The molecule has 0 aliphatic carbocycles. The predicted molar refractivity (Wildman–Crippen MR) is 52.4 cm³/mol. The van der Waals surface area contributed by atoms with E-state index < -0.39 is 5.60 Å². The van der Waals surface area contributed by atoms with E-state index in [4.69, 9.17) is 4.42 Å². The summed E-state index contributed by atoms with van der Waals surface area (Å²) in [7, 11) is 0. The molecular formula is C11H18O2. The van der Waals surface area contributed by atoms with Crippen molar-refractivity contribution in [2.75, 3.05) is 0 Å². The highest BCUT2D eigenvalue weighted by Gasteiger charge is 2.29. The highest BCUT2D eigenvalue weighted by molar-refractivity contribution is 5.15. The van der Waals surface area contributed by atoms with Gasteiger partial charge >= 0.3 is 0 Å². The Morgan fingerprint density at radius 3 is 2.31 bits per heavy atom. The van der Waals surface area contributed by atoms with E-state index in [0.29, 0.717) is 0 Å². The second-order valence-electron chi connectivity index (χ2n) is 5.02. The van der Waals surface area contributed by atoms with Gasteiger partial charge in [-0.15, -0.1) is 0 Å². The molecule has 0 saturated carbocycles. The number of furan rings is 1. The van der Waals surface area contributed by atoms with Crippen LogP contribution >= 0.6 is 0 Å². The van der Waals surface area contributed by atoms with Crippen molar-refractivity contribution in [3.63, 3.8) is 0 Å². The van der Waals surface area contributed by atoms with Crippen molar-refractivity contribution in [1.82, 2.24) is 0 Å². The van der Waals surface area contributed by atoms with Crippen molar-refractivity contribution in [1.29, 1.82) is 0 Å². The molecule has 1 atom stereocenters. The summed E-state index contributed by atoms with van der Waals surface area (Å²) in [6, 6.07) is 1.81. The molecule has 0 bridgehead atoms. The molecule has 0 spiro atoms. The lowest BCUT2D eigenvalue weighted by molar-refractivity contribution is 0.0146. The Labute approximate surface area is 79.6 Å². The molecule has 2 nitrogen and oxygen atoms in total. The van der Waals surface area contributed by atoms with E-state index in [1.165, 1.54) is 0 Å².